The Morgan fingerprint density at radius 1 is 1.29 bits per heavy atom. The second-order valence-electron chi connectivity index (χ2n) is 6.03. The number of anilines is 1. The van der Waals surface area contributed by atoms with Gasteiger partial charge in [0.1, 0.15) is 22.5 Å². The zero-order chi connectivity index (χ0) is 19.8. The van der Waals surface area contributed by atoms with Gasteiger partial charge in [-0.2, -0.15) is 0 Å². The van der Waals surface area contributed by atoms with E-state index in [1.807, 2.05) is 0 Å². The van der Waals surface area contributed by atoms with Crippen LogP contribution in [0.5, 0.6) is 0 Å². The fourth-order valence-corrected chi connectivity index (χ4v) is 3.90. The third kappa shape index (κ3) is 3.07. The lowest BCUT2D eigenvalue weighted by Crippen LogP contribution is -2.30. The van der Waals surface area contributed by atoms with Crippen molar-refractivity contribution in [1.82, 2.24) is 19.9 Å². The average molecular weight is 399 g/mol. The number of aromatic amines is 1. The number of amides is 1. The first-order valence-corrected chi connectivity index (χ1v) is 9.11. The van der Waals surface area contributed by atoms with E-state index in [4.69, 9.17) is 4.74 Å². The van der Waals surface area contributed by atoms with Crippen LogP contribution in [0.2, 0.25) is 0 Å². The molecule has 4 rings (SSSR count). The van der Waals surface area contributed by atoms with E-state index in [0.717, 1.165) is 11.3 Å². The lowest BCUT2D eigenvalue weighted by Gasteiger charge is -2.13. The zero-order valence-electron chi connectivity index (χ0n) is 14.8. The lowest BCUT2D eigenvalue weighted by atomic mass is 10.1. The van der Waals surface area contributed by atoms with E-state index in [-0.39, 0.29) is 10.7 Å². The molecule has 0 aliphatic heterocycles. The first-order valence-electron chi connectivity index (χ1n) is 8.29. The Hall–Kier alpha value is -3.40. The van der Waals surface area contributed by atoms with Gasteiger partial charge in [-0.25, -0.2) is 24.1 Å². The first-order chi connectivity index (χ1) is 13.5. The van der Waals surface area contributed by atoms with Crippen molar-refractivity contribution in [3.05, 3.63) is 47.1 Å². The summed E-state index contributed by atoms with van der Waals surface area (Å²) in [5, 5.41) is 2.97. The number of carbonyl (C=O) groups excluding carboxylic acids is 2. The molecule has 0 radical (unpaired) electrons. The second-order valence-corrected chi connectivity index (χ2v) is 7.08. The fourth-order valence-electron chi connectivity index (χ4n) is 2.79. The Bertz CT molecular complexity index is 1220. The van der Waals surface area contributed by atoms with Crippen molar-refractivity contribution in [1.29, 1.82) is 0 Å². The van der Waals surface area contributed by atoms with Crippen LogP contribution in [0.25, 0.3) is 21.3 Å². The summed E-state index contributed by atoms with van der Waals surface area (Å²) in [5.41, 5.74) is 1.36. The molecule has 3 aromatic heterocycles. The minimum Gasteiger partial charge on any atom is -0.448 e. The number of aryl methyl sites for hydroxylation is 1. The van der Waals surface area contributed by atoms with Crippen LogP contribution in [0.1, 0.15) is 22.2 Å². The van der Waals surface area contributed by atoms with Crippen LogP contribution in [-0.2, 0) is 9.53 Å². The number of halogens is 1. The zero-order valence-corrected chi connectivity index (χ0v) is 15.6. The number of aromatic nitrogens is 4. The quantitative estimate of drug-likeness (QED) is 0.510. The molecule has 0 fully saturated rings. The van der Waals surface area contributed by atoms with Crippen molar-refractivity contribution in [3.63, 3.8) is 0 Å². The number of nitrogens with one attached hydrogen (secondary N) is 2. The molecule has 0 spiro atoms. The van der Waals surface area contributed by atoms with Crippen molar-refractivity contribution in [3.8, 4) is 0 Å². The number of rotatable bonds is 4. The van der Waals surface area contributed by atoms with Crippen LogP contribution in [0.4, 0.5) is 10.2 Å². The van der Waals surface area contributed by atoms with Gasteiger partial charge in [-0.15, -0.1) is 11.3 Å². The number of H-pyrrole nitrogens is 1. The Labute approximate surface area is 161 Å². The minimum atomic E-state index is -1.09. The average Bonchev–Trinajstić information content (AvgIpc) is 3.27. The summed E-state index contributed by atoms with van der Waals surface area (Å²) in [6.45, 7) is 3.10. The molecule has 0 saturated carbocycles. The number of benzene rings is 1. The molecule has 3 heterocycles. The largest absolute Gasteiger partial charge is 0.448 e. The van der Waals surface area contributed by atoms with Crippen LogP contribution in [0.3, 0.4) is 0 Å². The topological polar surface area (TPSA) is 110 Å². The van der Waals surface area contributed by atoms with E-state index in [1.165, 1.54) is 25.6 Å². The molecular weight excluding hydrogens is 385 g/mol. The molecular formula is C18H14FN5O3S. The predicted octanol–water partition coefficient (Wildman–Crippen LogP) is 3.20. The molecule has 142 valence electrons. The number of ether oxygens (including phenoxy) is 1. The highest BCUT2D eigenvalue weighted by Crippen LogP contribution is 2.33. The number of imidazole rings is 1. The number of thiophene rings is 1. The van der Waals surface area contributed by atoms with Gasteiger partial charge in [0, 0.05) is 10.1 Å². The summed E-state index contributed by atoms with van der Waals surface area (Å²) in [6.07, 6.45) is 1.61. The van der Waals surface area contributed by atoms with Gasteiger partial charge in [-0.1, -0.05) is 6.07 Å². The normalized spacial score (nSPS) is 12.2. The van der Waals surface area contributed by atoms with Crippen LogP contribution >= 0.6 is 11.3 Å². The van der Waals surface area contributed by atoms with Crippen LogP contribution < -0.4 is 5.32 Å². The molecule has 0 aliphatic rings. The van der Waals surface area contributed by atoms with E-state index >= 15 is 0 Å². The van der Waals surface area contributed by atoms with Crippen LogP contribution in [0, 0.1) is 12.7 Å². The monoisotopic (exact) mass is 399 g/mol. The van der Waals surface area contributed by atoms with E-state index < -0.39 is 23.8 Å². The Morgan fingerprint density at radius 2 is 2.11 bits per heavy atom. The van der Waals surface area contributed by atoms with Gasteiger partial charge in [-0.05, 0) is 31.5 Å². The molecule has 1 aromatic carbocycles. The highest BCUT2D eigenvalue weighted by Gasteiger charge is 2.24. The Balaban J connectivity index is 1.52. The smallest absolute Gasteiger partial charge is 0.349 e. The number of hydrogen-bond donors (Lipinski definition) is 2. The molecule has 4 aromatic rings. The summed E-state index contributed by atoms with van der Waals surface area (Å²) in [4.78, 5) is 40.0. The SMILES string of the molecule is Cc1c(C(=O)OC(C)C(=O)Nc2ncnc3nc[nH]c23)sc2cccc(F)c12. The van der Waals surface area contributed by atoms with Crippen molar-refractivity contribution < 1.29 is 18.7 Å². The first kappa shape index (κ1) is 18.0. The van der Waals surface area contributed by atoms with Gasteiger partial charge in [0.15, 0.2) is 17.6 Å². The number of esters is 1. The molecule has 1 unspecified atom stereocenters. The molecule has 1 atom stereocenters. The highest BCUT2D eigenvalue weighted by molar-refractivity contribution is 7.21. The van der Waals surface area contributed by atoms with Gasteiger partial charge in [0.05, 0.1) is 6.33 Å². The van der Waals surface area contributed by atoms with Crippen molar-refractivity contribution in [2.45, 2.75) is 20.0 Å². The molecule has 0 aliphatic carbocycles. The van der Waals surface area contributed by atoms with E-state index in [0.29, 0.717) is 26.8 Å². The number of hydrogen-bond acceptors (Lipinski definition) is 7. The predicted molar refractivity (Wildman–Crippen MR) is 102 cm³/mol. The summed E-state index contributed by atoms with van der Waals surface area (Å²) < 4.78 is 20.0. The van der Waals surface area contributed by atoms with E-state index in [1.54, 1.807) is 19.1 Å². The Kier molecular flexibility index (Phi) is 4.47. The number of carbonyl (C=O) groups is 2. The molecule has 8 nitrogen and oxygen atoms in total. The maximum absolute atomic E-state index is 14.0. The third-order valence-corrected chi connectivity index (χ3v) is 5.44. The van der Waals surface area contributed by atoms with Gasteiger partial charge in [-0.3, -0.25) is 4.79 Å². The van der Waals surface area contributed by atoms with Crippen LogP contribution in [-0.4, -0.2) is 37.9 Å². The van der Waals surface area contributed by atoms with Crippen LogP contribution in [0.15, 0.2) is 30.9 Å². The van der Waals surface area contributed by atoms with Gasteiger partial charge in [0.2, 0.25) is 0 Å². The molecule has 0 saturated heterocycles. The van der Waals surface area contributed by atoms with Gasteiger partial charge in [0.25, 0.3) is 5.91 Å². The lowest BCUT2D eigenvalue weighted by molar-refractivity contribution is -0.123. The summed E-state index contributed by atoms with van der Waals surface area (Å²) >= 11 is 1.13. The number of fused-ring (bicyclic) bond motifs is 2. The molecule has 10 heteroatoms. The second kappa shape index (κ2) is 6.97. The summed E-state index contributed by atoms with van der Waals surface area (Å²) in [5.74, 6) is -1.41. The minimum absolute atomic E-state index is 0.232. The summed E-state index contributed by atoms with van der Waals surface area (Å²) in [7, 11) is 0. The van der Waals surface area contributed by atoms with Gasteiger partial charge >= 0.3 is 5.97 Å². The highest BCUT2D eigenvalue weighted by atomic mass is 32.1. The number of nitrogens with zero attached hydrogens (tertiary/aromatic N) is 3. The molecule has 28 heavy (non-hydrogen) atoms. The van der Waals surface area contributed by atoms with Crippen molar-refractivity contribution >= 4 is 50.3 Å². The fraction of sp³-hybridized carbons (Fsp3) is 0.167. The van der Waals surface area contributed by atoms with E-state index in [9.17, 15) is 14.0 Å². The molecule has 2 N–H and O–H groups in total. The molecule has 0 bridgehead atoms. The van der Waals surface area contributed by atoms with Crippen molar-refractivity contribution in [2.75, 3.05) is 5.32 Å². The standard InChI is InChI=1S/C18H14FN5O3S/c1-8-12-10(19)4-3-5-11(12)28-14(8)18(26)27-9(2)17(25)24-16-13-15(21-6-20-13)22-7-23-16/h3-7,9H,1-2H3,(H2,20,21,22,23,24,25). The maximum atomic E-state index is 14.0. The third-order valence-electron chi connectivity index (χ3n) is 4.21. The van der Waals surface area contributed by atoms with Crippen molar-refractivity contribution in [2.24, 2.45) is 0 Å². The van der Waals surface area contributed by atoms with Gasteiger partial charge < -0.3 is 15.0 Å². The molecule has 1 amide bonds. The van der Waals surface area contributed by atoms with E-state index in [2.05, 4.69) is 25.3 Å². The Morgan fingerprint density at radius 3 is 2.89 bits per heavy atom. The summed E-state index contributed by atoms with van der Waals surface area (Å²) in [6, 6.07) is 4.65. The maximum Gasteiger partial charge on any atom is 0.349 e.